The van der Waals surface area contributed by atoms with E-state index in [1.165, 1.54) is 0 Å². The van der Waals surface area contributed by atoms with Crippen LogP contribution in [0.4, 0.5) is 0 Å². The van der Waals surface area contributed by atoms with Crippen molar-refractivity contribution in [2.24, 2.45) is 5.92 Å². The molecule has 1 saturated heterocycles. The van der Waals surface area contributed by atoms with Gasteiger partial charge in [-0.2, -0.15) is 8.42 Å². The van der Waals surface area contributed by atoms with Gasteiger partial charge in [-0.25, -0.2) is 0 Å². The minimum Gasteiger partial charge on any atom is -0.480 e. The number of carboxylic acid groups (broad SMARTS) is 3. The van der Waals surface area contributed by atoms with Gasteiger partial charge in [-0.1, -0.05) is 26.7 Å². The Kier molecular flexibility index (Phi) is 18.0. The second kappa shape index (κ2) is 20.2. The summed E-state index contributed by atoms with van der Waals surface area (Å²) in [5.41, 5.74) is 0. The molecule has 1 atom stereocenters. The molecule has 6 N–H and O–H groups in total. The summed E-state index contributed by atoms with van der Waals surface area (Å²) in [6, 6.07) is -1.55. The van der Waals surface area contributed by atoms with Crippen molar-refractivity contribution in [1.82, 2.24) is 30.2 Å². The van der Waals surface area contributed by atoms with E-state index in [9.17, 15) is 52.3 Å². The predicted molar refractivity (Wildman–Crippen MR) is 159 cm³/mol. The first-order chi connectivity index (χ1) is 20.5. The van der Waals surface area contributed by atoms with Crippen molar-refractivity contribution in [3.63, 3.8) is 0 Å². The van der Waals surface area contributed by atoms with Gasteiger partial charge in [0.25, 0.3) is 10.1 Å². The summed E-state index contributed by atoms with van der Waals surface area (Å²) in [7, 11) is -4.62. The summed E-state index contributed by atoms with van der Waals surface area (Å²) in [5.74, 6) is -5.28. The molecule has 1 heterocycles. The molecular formula is C26H48N6O11S. The van der Waals surface area contributed by atoms with Crippen LogP contribution < -0.4 is 10.6 Å². The third kappa shape index (κ3) is 19.4. The van der Waals surface area contributed by atoms with Crippen molar-refractivity contribution in [3.05, 3.63) is 0 Å². The largest absolute Gasteiger partial charge is 0.480 e. The molecule has 2 amide bonds. The lowest BCUT2D eigenvalue weighted by Gasteiger charge is -2.33. The van der Waals surface area contributed by atoms with Crippen LogP contribution in [-0.2, 0) is 34.1 Å². The molecule has 0 aromatic carbocycles. The van der Waals surface area contributed by atoms with Crippen molar-refractivity contribution >= 4 is 39.8 Å². The summed E-state index contributed by atoms with van der Waals surface area (Å²) in [6.45, 7) is 4.59. The van der Waals surface area contributed by atoms with Gasteiger partial charge >= 0.3 is 17.9 Å². The molecule has 1 aliphatic rings. The zero-order valence-corrected chi connectivity index (χ0v) is 26.3. The monoisotopic (exact) mass is 652 g/mol. The number of carboxylic acids is 3. The molecule has 17 nitrogen and oxygen atoms in total. The van der Waals surface area contributed by atoms with Crippen LogP contribution in [0, 0.1) is 5.92 Å². The van der Waals surface area contributed by atoms with Crippen molar-refractivity contribution in [1.29, 1.82) is 0 Å². The minimum absolute atomic E-state index is 0.158. The van der Waals surface area contributed by atoms with Crippen LogP contribution >= 0.6 is 0 Å². The highest BCUT2D eigenvalue weighted by molar-refractivity contribution is 7.85. The molecule has 0 aliphatic carbocycles. The van der Waals surface area contributed by atoms with Gasteiger partial charge in [0.15, 0.2) is 0 Å². The van der Waals surface area contributed by atoms with E-state index in [0.29, 0.717) is 12.3 Å². The zero-order valence-electron chi connectivity index (χ0n) is 25.5. The Bertz CT molecular complexity index is 1030. The Labute approximate surface area is 258 Å². The maximum absolute atomic E-state index is 13.0. The Hall–Kier alpha value is -2.90. The van der Waals surface area contributed by atoms with Gasteiger partial charge in [0.1, 0.15) is 11.8 Å². The summed E-state index contributed by atoms with van der Waals surface area (Å²) in [6.07, 6.45) is 2.45. The number of carbonyl (C=O) groups excluding carboxylic acids is 2. The predicted octanol–water partition coefficient (Wildman–Crippen LogP) is -2.22. The molecule has 0 radical (unpaired) electrons. The van der Waals surface area contributed by atoms with Crippen molar-refractivity contribution in [2.75, 3.05) is 90.8 Å². The van der Waals surface area contributed by atoms with Gasteiger partial charge in [-0.15, -0.1) is 0 Å². The van der Waals surface area contributed by atoms with Crippen LogP contribution in [0.2, 0.25) is 0 Å². The van der Waals surface area contributed by atoms with Crippen LogP contribution in [-0.4, -0.2) is 174 Å². The van der Waals surface area contributed by atoms with Gasteiger partial charge in [-0.05, 0) is 12.3 Å². The SMILES string of the molecule is CC(C)CCCCNC(=O)[C@H](CS(=O)(=O)O)NC(=O)CN1CCN(CC(=O)O)CCN(CC(=O)O)CCN(CC(=O)O)CC1. The Morgan fingerprint density at radius 1 is 0.682 bits per heavy atom. The maximum Gasteiger partial charge on any atom is 0.317 e. The quantitative estimate of drug-likeness (QED) is 0.0721. The van der Waals surface area contributed by atoms with E-state index < -0.39 is 51.6 Å². The number of aliphatic carboxylic acids is 3. The molecule has 0 aromatic rings. The van der Waals surface area contributed by atoms with Crippen LogP contribution in [0.5, 0.6) is 0 Å². The highest BCUT2D eigenvalue weighted by atomic mass is 32.2. The first-order valence-electron chi connectivity index (χ1n) is 14.6. The van der Waals surface area contributed by atoms with E-state index in [-0.39, 0.29) is 85.1 Å². The van der Waals surface area contributed by atoms with Gasteiger partial charge < -0.3 is 26.0 Å². The molecule has 44 heavy (non-hydrogen) atoms. The fraction of sp³-hybridized carbons (Fsp3) is 0.808. The molecule has 0 spiro atoms. The fourth-order valence-corrected chi connectivity index (χ4v) is 5.29. The van der Waals surface area contributed by atoms with E-state index in [2.05, 4.69) is 24.5 Å². The van der Waals surface area contributed by atoms with Gasteiger partial charge in [-0.3, -0.25) is 48.1 Å². The molecule has 1 aliphatic heterocycles. The molecule has 1 rings (SSSR count). The van der Waals surface area contributed by atoms with E-state index in [4.69, 9.17) is 0 Å². The summed E-state index contributed by atoms with van der Waals surface area (Å²) >= 11 is 0. The van der Waals surface area contributed by atoms with E-state index in [0.717, 1.165) is 12.8 Å². The van der Waals surface area contributed by atoms with Crippen molar-refractivity contribution < 1.29 is 52.3 Å². The number of hydrogen-bond acceptors (Lipinski definition) is 11. The Morgan fingerprint density at radius 3 is 1.41 bits per heavy atom. The van der Waals surface area contributed by atoms with Crippen molar-refractivity contribution in [2.45, 2.75) is 39.2 Å². The molecule has 0 aromatic heterocycles. The summed E-state index contributed by atoms with van der Waals surface area (Å²) in [4.78, 5) is 66.4. The van der Waals surface area contributed by atoms with Gasteiger partial charge in [0, 0.05) is 58.9 Å². The number of amides is 2. The Balaban J connectivity index is 3.01. The number of unbranched alkanes of at least 4 members (excludes halogenated alkanes) is 1. The van der Waals surface area contributed by atoms with Crippen LogP contribution in [0.25, 0.3) is 0 Å². The smallest absolute Gasteiger partial charge is 0.317 e. The molecule has 1 fully saturated rings. The molecule has 0 bridgehead atoms. The number of nitrogens with zero attached hydrogens (tertiary/aromatic N) is 4. The summed E-state index contributed by atoms with van der Waals surface area (Å²) < 4.78 is 32.5. The minimum atomic E-state index is -4.62. The van der Waals surface area contributed by atoms with Crippen molar-refractivity contribution in [3.8, 4) is 0 Å². The topological polar surface area (TPSA) is 237 Å². The highest BCUT2D eigenvalue weighted by Gasteiger charge is 2.27. The maximum atomic E-state index is 13.0. The second-order valence-electron chi connectivity index (χ2n) is 11.3. The average molecular weight is 653 g/mol. The molecule has 254 valence electrons. The molecule has 0 unspecified atom stereocenters. The highest BCUT2D eigenvalue weighted by Crippen LogP contribution is 2.06. The lowest BCUT2D eigenvalue weighted by atomic mass is 10.1. The van der Waals surface area contributed by atoms with E-state index in [1.54, 1.807) is 19.6 Å². The first kappa shape index (κ1) is 39.1. The molecule has 0 saturated carbocycles. The number of nitrogens with one attached hydrogen (secondary N) is 2. The first-order valence-corrected chi connectivity index (χ1v) is 16.2. The van der Waals surface area contributed by atoms with E-state index in [1.807, 2.05) is 0 Å². The normalized spacial score (nSPS) is 17.7. The molecular weight excluding hydrogens is 604 g/mol. The lowest BCUT2D eigenvalue weighted by molar-refractivity contribution is -0.140. The standard InChI is InChI=1S/C26H48N6O11S/c1-20(2)5-3-4-6-27-26(40)21(19-44(41,42)43)28-22(33)15-29-7-9-30(16-23(34)35)11-13-32(18-25(38)39)14-12-31(10-8-29)17-24(36)37/h20-21H,3-19H2,1-2H3,(H,27,40)(H,28,33)(H,34,35)(H,36,37)(H,38,39)(H,41,42,43)/t21-/m0/s1. The van der Waals surface area contributed by atoms with Crippen LogP contribution in [0.1, 0.15) is 33.1 Å². The Morgan fingerprint density at radius 2 is 1.07 bits per heavy atom. The van der Waals surface area contributed by atoms with Gasteiger partial charge in [0.2, 0.25) is 11.8 Å². The third-order valence-corrected chi connectivity index (χ3v) is 7.66. The fourth-order valence-electron chi connectivity index (χ4n) is 4.63. The van der Waals surface area contributed by atoms with Gasteiger partial charge in [0.05, 0.1) is 26.2 Å². The summed E-state index contributed by atoms with van der Waals surface area (Å²) in [5, 5.41) is 32.9. The average Bonchev–Trinajstić information content (AvgIpc) is 2.87. The van der Waals surface area contributed by atoms with Crippen LogP contribution in [0.3, 0.4) is 0 Å². The lowest BCUT2D eigenvalue weighted by Crippen LogP contribution is -2.54. The third-order valence-electron chi connectivity index (χ3n) is 6.91. The number of carbonyl (C=O) groups is 5. The van der Waals surface area contributed by atoms with Crippen LogP contribution in [0.15, 0.2) is 0 Å². The van der Waals surface area contributed by atoms with E-state index >= 15 is 0 Å². The second-order valence-corrected chi connectivity index (χ2v) is 12.8. The number of rotatable bonds is 17. The molecule has 18 heteroatoms. The number of hydrogen-bond donors (Lipinski definition) is 6. The zero-order chi connectivity index (χ0) is 33.3.